The first-order valence-corrected chi connectivity index (χ1v) is 13.6. The lowest BCUT2D eigenvalue weighted by molar-refractivity contribution is -0.146. The molecule has 0 heterocycles. The number of esters is 1. The molecule has 0 bridgehead atoms. The molecule has 0 aliphatic rings. The fourth-order valence-corrected chi connectivity index (χ4v) is 8.25. The molecule has 0 aliphatic heterocycles. The van der Waals surface area contributed by atoms with Gasteiger partial charge in [-0.15, -0.1) is 0 Å². The molecule has 3 nitrogen and oxygen atoms in total. The van der Waals surface area contributed by atoms with Crippen LogP contribution in [0.4, 0.5) is 0 Å². The summed E-state index contributed by atoms with van der Waals surface area (Å²) in [5, 5.41) is -0.0153. The van der Waals surface area contributed by atoms with E-state index >= 15 is 0 Å². The molecule has 0 spiro atoms. The van der Waals surface area contributed by atoms with E-state index in [2.05, 4.69) is 26.6 Å². The molecule has 0 unspecified atom stereocenters. The third kappa shape index (κ3) is 5.85. The lowest BCUT2D eigenvalue weighted by Gasteiger charge is -2.33. The minimum Gasteiger partial charge on any atom is -0.469 e. The molecule has 1 aromatic carbocycles. The van der Waals surface area contributed by atoms with Crippen LogP contribution in [-0.2, 0) is 20.3 Å². The van der Waals surface area contributed by atoms with Crippen LogP contribution in [0.5, 0.6) is 0 Å². The van der Waals surface area contributed by atoms with E-state index in [0.29, 0.717) is 0 Å². The number of methoxy groups -OCH3 is 1. The molecule has 136 valence electrons. The Morgan fingerprint density at radius 1 is 1.21 bits per heavy atom. The summed E-state index contributed by atoms with van der Waals surface area (Å²) in [7, 11) is -1.13. The highest BCUT2D eigenvalue weighted by Crippen LogP contribution is 2.33. The molecule has 0 aromatic heterocycles. The Labute approximate surface area is 150 Å². The number of carbonyl (C=O) groups is 1. The smallest absolute Gasteiger partial charge is 0.308 e. The fourth-order valence-electron chi connectivity index (χ4n) is 3.14. The molecule has 0 saturated carbocycles. The van der Waals surface area contributed by atoms with Gasteiger partial charge in [-0.2, -0.15) is 0 Å². The second-order valence-corrected chi connectivity index (χ2v) is 15.0. The van der Waals surface area contributed by atoms with Crippen LogP contribution in [0, 0.1) is 18.8 Å². The van der Waals surface area contributed by atoms with Crippen molar-refractivity contribution in [1.82, 2.24) is 0 Å². The van der Waals surface area contributed by atoms with Crippen molar-refractivity contribution < 1.29 is 13.7 Å². The molecule has 0 amide bonds. The number of rotatable bonds is 8. The van der Waals surface area contributed by atoms with Crippen LogP contribution < -0.4 is 0 Å². The van der Waals surface area contributed by atoms with Gasteiger partial charge in [0.25, 0.3) is 0 Å². The SMILES string of the molecule is CC[C@@H]([C@H](C)C(=O)OC)[C@H](C[Si](C)(C)C)[S@@](=O)c1ccc(C)cc1. The van der Waals surface area contributed by atoms with Gasteiger partial charge in [0.15, 0.2) is 0 Å². The second-order valence-electron chi connectivity index (χ2n) is 7.80. The topological polar surface area (TPSA) is 43.4 Å². The predicted molar refractivity (Wildman–Crippen MR) is 104 cm³/mol. The number of ether oxygens (including phenoxy) is 1. The van der Waals surface area contributed by atoms with Gasteiger partial charge >= 0.3 is 5.97 Å². The van der Waals surface area contributed by atoms with Crippen molar-refractivity contribution >= 4 is 24.8 Å². The molecule has 0 aliphatic carbocycles. The quantitative estimate of drug-likeness (QED) is 0.496. The Kier molecular flexibility index (Phi) is 7.87. The maximum absolute atomic E-state index is 13.3. The first-order chi connectivity index (χ1) is 11.1. The van der Waals surface area contributed by atoms with E-state index in [9.17, 15) is 9.00 Å². The molecule has 4 atom stereocenters. The Balaban J connectivity index is 3.20. The lowest BCUT2D eigenvalue weighted by Crippen LogP contribution is -2.39. The van der Waals surface area contributed by atoms with Crippen molar-refractivity contribution in [2.45, 2.75) is 63.0 Å². The number of aryl methyl sites for hydroxylation is 1. The van der Waals surface area contributed by atoms with E-state index in [1.165, 1.54) is 7.11 Å². The standard InChI is InChI=1S/C19H32O3SSi/c1-8-17(15(3)19(20)22-4)18(13-24(5,6)7)23(21)16-11-9-14(2)10-12-16/h9-12,15,17-18H,8,13H2,1-7H3/t15-,17-,18-,23-/m0/s1. The molecule has 1 aromatic rings. The van der Waals surface area contributed by atoms with Crippen LogP contribution >= 0.6 is 0 Å². The van der Waals surface area contributed by atoms with Gasteiger partial charge in [0.2, 0.25) is 0 Å². The van der Waals surface area contributed by atoms with Crippen molar-refractivity contribution in [3.05, 3.63) is 29.8 Å². The molecule has 0 N–H and O–H groups in total. The first kappa shape index (κ1) is 21.1. The maximum atomic E-state index is 13.3. The highest BCUT2D eigenvalue weighted by Gasteiger charge is 2.37. The molecule has 5 heteroatoms. The van der Waals surface area contributed by atoms with Crippen molar-refractivity contribution in [2.24, 2.45) is 11.8 Å². The normalized spacial score (nSPS) is 17.0. The average Bonchev–Trinajstić information content (AvgIpc) is 2.52. The van der Waals surface area contributed by atoms with Gasteiger partial charge in [0, 0.05) is 18.2 Å². The number of carbonyl (C=O) groups excluding carboxylic acids is 1. The monoisotopic (exact) mass is 368 g/mol. The van der Waals surface area contributed by atoms with Gasteiger partial charge in [0.05, 0.1) is 23.8 Å². The summed E-state index contributed by atoms with van der Waals surface area (Å²) in [6.07, 6.45) is 0.822. The summed E-state index contributed by atoms with van der Waals surface area (Å²) in [6.45, 7) is 12.9. The summed E-state index contributed by atoms with van der Waals surface area (Å²) in [5.41, 5.74) is 1.16. The Hall–Kier alpha value is -0.943. The van der Waals surface area contributed by atoms with Gasteiger partial charge in [-0.05, 0) is 31.0 Å². The molecule has 1 rings (SSSR count). The molecule has 24 heavy (non-hydrogen) atoms. The largest absolute Gasteiger partial charge is 0.469 e. The van der Waals surface area contributed by atoms with Crippen molar-refractivity contribution in [3.8, 4) is 0 Å². The van der Waals surface area contributed by atoms with Crippen LogP contribution in [0.2, 0.25) is 25.7 Å². The van der Waals surface area contributed by atoms with Gasteiger partial charge < -0.3 is 4.74 Å². The average molecular weight is 369 g/mol. The van der Waals surface area contributed by atoms with Crippen molar-refractivity contribution in [2.75, 3.05) is 7.11 Å². The molecular formula is C19H32O3SSi. The third-order valence-corrected chi connectivity index (χ3v) is 8.27. The van der Waals surface area contributed by atoms with Gasteiger partial charge in [0.1, 0.15) is 0 Å². The first-order valence-electron chi connectivity index (χ1n) is 8.65. The molecular weight excluding hydrogens is 336 g/mol. The van der Waals surface area contributed by atoms with E-state index < -0.39 is 18.9 Å². The third-order valence-electron chi connectivity index (χ3n) is 4.51. The van der Waals surface area contributed by atoms with E-state index in [4.69, 9.17) is 4.74 Å². The zero-order chi connectivity index (χ0) is 18.5. The lowest BCUT2D eigenvalue weighted by atomic mass is 9.89. The van der Waals surface area contributed by atoms with Gasteiger partial charge in [-0.3, -0.25) is 9.00 Å². The van der Waals surface area contributed by atoms with E-state index in [1.54, 1.807) is 0 Å². The fraction of sp³-hybridized carbons (Fsp3) is 0.632. The highest BCUT2D eigenvalue weighted by atomic mass is 32.2. The number of hydrogen-bond acceptors (Lipinski definition) is 3. The summed E-state index contributed by atoms with van der Waals surface area (Å²) in [6, 6.07) is 8.86. The van der Waals surface area contributed by atoms with Crippen LogP contribution in [0.3, 0.4) is 0 Å². The Morgan fingerprint density at radius 2 is 1.75 bits per heavy atom. The summed E-state index contributed by atoms with van der Waals surface area (Å²) >= 11 is 0. The van der Waals surface area contributed by atoms with Crippen molar-refractivity contribution in [3.63, 3.8) is 0 Å². The minimum atomic E-state index is -1.44. The van der Waals surface area contributed by atoms with E-state index in [-0.39, 0.29) is 23.1 Å². The van der Waals surface area contributed by atoms with E-state index in [0.717, 1.165) is 22.9 Å². The minimum absolute atomic E-state index is 0.0153. The zero-order valence-corrected chi connectivity index (χ0v) is 17.9. The molecule has 0 fully saturated rings. The second kappa shape index (κ2) is 8.95. The number of hydrogen-bond donors (Lipinski definition) is 0. The molecule has 0 saturated heterocycles. The van der Waals surface area contributed by atoms with Gasteiger partial charge in [-0.1, -0.05) is 57.6 Å². The van der Waals surface area contributed by atoms with Crippen LogP contribution in [-0.4, -0.2) is 30.6 Å². The highest BCUT2D eigenvalue weighted by molar-refractivity contribution is 7.85. The summed E-state index contributed by atoms with van der Waals surface area (Å²) in [5.74, 6) is -0.384. The van der Waals surface area contributed by atoms with Crippen LogP contribution in [0.25, 0.3) is 0 Å². The molecule has 0 radical (unpaired) electrons. The maximum Gasteiger partial charge on any atom is 0.308 e. The van der Waals surface area contributed by atoms with Crippen LogP contribution in [0.15, 0.2) is 29.2 Å². The Morgan fingerprint density at radius 3 is 2.17 bits per heavy atom. The van der Waals surface area contributed by atoms with E-state index in [1.807, 2.05) is 38.1 Å². The summed E-state index contributed by atoms with van der Waals surface area (Å²) < 4.78 is 18.3. The Bertz CT molecular complexity index is 563. The zero-order valence-electron chi connectivity index (χ0n) is 16.1. The summed E-state index contributed by atoms with van der Waals surface area (Å²) in [4.78, 5) is 12.9. The van der Waals surface area contributed by atoms with Crippen LogP contribution in [0.1, 0.15) is 25.8 Å². The number of benzene rings is 1. The van der Waals surface area contributed by atoms with Gasteiger partial charge in [-0.25, -0.2) is 0 Å². The van der Waals surface area contributed by atoms with Crippen molar-refractivity contribution in [1.29, 1.82) is 0 Å². The predicted octanol–water partition coefficient (Wildman–Crippen LogP) is 4.64.